The maximum atomic E-state index is 10.0. The van der Waals surface area contributed by atoms with E-state index >= 15 is 0 Å². The van der Waals surface area contributed by atoms with Crippen molar-refractivity contribution in [1.29, 1.82) is 0 Å². The molecule has 0 spiro atoms. The Morgan fingerprint density at radius 1 is 1.09 bits per heavy atom. The maximum Gasteiger partial charge on any atom is 0.241 e. The molecule has 2 N–H and O–H groups in total. The molecule has 1 atom stereocenters. The third-order valence-corrected chi connectivity index (χ3v) is 6.46. The second-order valence-electron chi connectivity index (χ2n) is 9.17. The summed E-state index contributed by atoms with van der Waals surface area (Å²) in [6, 6.07) is 15.9. The van der Waals surface area contributed by atoms with Gasteiger partial charge in [0.1, 0.15) is 5.75 Å². The summed E-state index contributed by atoms with van der Waals surface area (Å²) in [5, 5.41) is 18.2. The lowest BCUT2D eigenvalue weighted by Gasteiger charge is -2.25. The van der Waals surface area contributed by atoms with Crippen molar-refractivity contribution in [2.75, 3.05) is 19.0 Å². The van der Waals surface area contributed by atoms with E-state index in [4.69, 9.17) is 14.6 Å². The van der Waals surface area contributed by atoms with Crippen molar-refractivity contribution < 1.29 is 14.6 Å². The highest BCUT2D eigenvalue weighted by Gasteiger charge is 2.26. The van der Waals surface area contributed by atoms with Gasteiger partial charge in [-0.05, 0) is 62.4 Å². The number of hydrogen-bond donors (Lipinski definition) is 2. The minimum atomic E-state index is -0.211. The molecule has 1 saturated carbocycles. The lowest BCUT2D eigenvalue weighted by Crippen LogP contribution is -2.23. The van der Waals surface area contributed by atoms with Gasteiger partial charge in [-0.15, -0.1) is 5.10 Å². The van der Waals surface area contributed by atoms with Crippen LogP contribution in [-0.4, -0.2) is 50.6 Å². The molecule has 5 rings (SSSR count). The van der Waals surface area contributed by atoms with Crippen LogP contribution in [0.2, 0.25) is 0 Å². The van der Waals surface area contributed by atoms with Gasteiger partial charge in [-0.1, -0.05) is 18.2 Å². The minimum absolute atomic E-state index is 0.0821. The number of methoxy groups -OCH3 is 1. The summed E-state index contributed by atoms with van der Waals surface area (Å²) in [6.45, 7) is 2.60. The summed E-state index contributed by atoms with van der Waals surface area (Å²) in [7, 11) is 1.68. The Balaban J connectivity index is 1.53. The van der Waals surface area contributed by atoms with Gasteiger partial charge in [0.2, 0.25) is 11.8 Å². The summed E-state index contributed by atoms with van der Waals surface area (Å²) in [4.78, 5) is 8.99. The van der Waals surface area contributed by atoms with Crippen molar-refractivity contribution in [2.45, 2.75) is 50.7 Å². The van der Waals surface area contributed by atoms with E-state index in [1.807, 2.05) is 60.1 Å². The number of fused-ring (bicyclic) bond motifs is 1. The summed E-state index contributed by atoms with van der Waals surface area (Å²) < 4.78 is 13.2. The van der Waals surface area contributed by atoms with Gasteiger partial charge in [0.25, 0.3) is 0 Å². The molecule has 0 saturated heterocycles. The van der Waals surface area contributed by atoms with Crippen LogP contribution >= 0.6 is 0 Å². The Morgan fingerprint density at radius 2 is 1.89 bits per heavy atom. The third kappa shape index (κ3) is 5.28. The van der Waals surface area contributed by atoms with Crippen molar-refractivity contribution in [3.05, 3.63) is 66.6 Å². The number of anilines is 1. The van der Waals surface area contributed by atoms with Gasteiger partial charge in [-0.25, -0.2) is 14.5 Å². The van der Waals surface area contributed by atoms with Gasteiger partial charge in [-0.2, -0.15) is 0 Å². The number of nitrogens with zero attached hydrogens (tertiary/aromatic N) is 4. The van der Waals surface area contributed by atoms with E-state index in [-0.39, 0.29) is 12.1 Å². The second kappa shape index (κ2) is 10.4. The molecule has 0 amide bonds. The van der Waals surface area contributed by atoms with E-state index in [1.165, 1.54) is 0 Å². The van der Waals surface area contributed by atoms with Crippen LogP contribution in [0.4, 0.5) is 5.95 Å². The smallest absolute Gasteiger partial charge is 0.241 e. The van der Waals surface area contributed by atoms with Gasteiger partial charge in [0, 0.05) is 42.6 Å². The van der Waals surface area contributed by atoms with E-state index in [2.05, 4.69) is 21.4 Å². The molecular formula is C27H31N5O3. The number of benzene rings is 1. The molecule has 8 nitrogen and oxygen atoms in total. The molecule has 35 heavy (non-hydrogen) atoms. The van der Waals surface area contributed by atoms with Crippen molar-refractivity contribution in [3.8, 4) is 22.8 Å². The number of aromatic nitrogens is 4. The molecule has 1 fully saturated rings. The van der Waals surface area contributed by atoms with Crippen LogP contribution in [0.3, 0.4) is 0 Å². The Hall–Kier alpha value is -3.49. The number of hydrogen-bond acceptors (Lipinski definition) is 7. The van der Waals surface area contributed by atoms with E-state index < -0.39 is 0 Å². The summed E-state index contributed by atoms with van der Waals surface area (Å²) >= 11 is 0. The topological polar surface area (TPSA) is 93.8 Å². The van der Waals surface area contributed by atoms with Gasteiger partial charge >= 0.3 is 0 Å². The standard InChI is InChI=1S/C27H31N5O3/c1-18(17-34-2)30-27-29-16-25-23(15-24(32(25)31-27)19-8-10-21(33)11-9-19)20-12-13-28-26(14-20)35-22-6-4-3-5-7-22/h3-7,12-16,18-19,21,33H,8-11,17H2,1-2H3,(H,30,31)/t18-,19?,21?/m0/s1. The Kier molecular flexibility index (Phi) is 6.92. The van der Waals surface area contributed by atoms with Crippen LogP contribution in [0, 0.1) is 0 Å². The second-order valence-corrected chi connectivity index (χ2v) is 9.17. The van der Waals surface area contributed by atoms with Crippen LogP contribution in [0.5, 0.6) is 11.6 Å². The van der Waals surface area contributed by atoms with Crippen LogP contribution in [0.25, 0.3) is 16.6 Å². The van der Waals surface area contributed by atoms with Gasteiger partial charge in [0.05, 0.1) is 24.4 Å². The van der Waals surface area contributed by atoms with Crippen molar-refractivity contribution in [3.63, 3.8) is 0 Å². The molecule has 1 aliphatic rings. The number of aliphatic hydroxyl groups is 1. The number of pyridine rings is 1. The average molecular weight is 474 g/mol. The van der Waals surface area contributed by atoms with E-state index in [0.717, 1.165) is 53.8 Å². The highest BCUT2D eigenvalue weighted by molar-refractivity contribution is 5.82. The largest absolute Gasteiger partial charge is 0.439 e. The third-order valence-electron chi connectivity index (χ3n) is 6.46. The van der Waals surface area contributed by atoms with E-state index in [0.29, 0.717) is 24.4 Å². The molecular weight excluding hydrogens is 442 g/mol. The van der Waals surface area contributed by atoms with Crippen molar-refractivity contribution in [1.82, 2.24) is 19.6 Å². The molecule has 8 heteroatoms. The number of rotatable bonds is 8. The fourth-order valence-electron chi connectivity index (χ4n) is 4.73. The molecule has 0 aliphatic heterocycles. The summed E-state index contributed by atoms with van der Waals surface area (Å²) in [5.74, 6) is 2.15. The molecule has 3 aromatic heterocycles. The van der Waals surface area contributed by atoms with Gasteiger partial charge < -0.3 is 19.9 Å². The first-order chi connectivity index (χ1) is 17.1. The SMILES string of the molecule is COC[C@H](C)Nc1ncc2c(-c3ccnc(Oc4ccccc4)c3)cc(C3CCC(O)CC3)n2n1. The number of nitrogens with one attached hydrogen (secondary N) is 1. The highest BCUT2D eigenvalue weighted by Crippen LogP contribution is 2.38. The van der Waals surface area contributed by atoms with Gasteiger partial charge in [0.15, 0.2) is 0 Å². The van der Waals surface area contributed by atoms with Crippen LogP contribution in [0.15, 0.2) is 60.9 Å². The molecule has 4 aromatic rings. The monoisotopic (exact) mass is 473 g/mol. The molecule has 182 valence electrons. The van der Waals surface area contributed by atoms with E-state index in [9.17, 15) is 5.11 Å². The number of aliphatic hydroxyl groups excluding tert-OH is 1. The molecule has 1 aromatic carbocycles. The highest BCUT2D eigenvalue weighted by atomic mass is 16.5. The zero-order valence-electron chi connectivity index (χ0n) is 20.1. The average Bonchev–Trinajstić information content (AvgIpc) is 3.24. The predicted octanol–water partition coefficient (Wildman–Crippen LogP) is 5.05. The molecule has 0 bridgehead atoms. The number of para-hydroxylation sites is 1. The Bertz CT molecular complexity index is 1270. The van der Waals surface area contributed by atoms with Gasteiger partial charge in [-0.3, -0.25) is 0 Å². The first-order valence-electron chi connectivity index (χ1n) is 12.1. The fourth-order valence-corrected chi connectivity index (χ4v) is 4.73. The quantitative estimate of drug-likeness (QED) is 0.370. The van der Waals surface area contributed by atoms with Crippen LogP contribution < -0.4 is 10.1 Å². The zero-order valence-corrected chi connectivity index (χ0v) is 20.1. The predicted molar refractivity (Wildman–Crippen MR) is 135 cm³/mol. The first kappa shape index (κ1) is 23.3. The maximum absolute atomic E-state index is 10.0. The molecule has 1 aliphatic carbocycles. The van der Waals surface area contributed by atoms with Crippen LogP contribution in [-0.2, 0) is 4.74 Å². The molecule has 0 radical (unpaired) electrons. The lowest BCUT2D eigenvalue weighted by atomic mass is 9.85. The lowest BCUT2D eigenvalue weighted by molar-refractivity contribution is 0.121. The number of ether oxygens (including phenoxy) is 2. The minimum Gasteiger partial charge on any atom is -0.439 e. The zero-order chi connectivity index (χ0) is 24.2. The molecule has 3 heterocycles. The van der Waals surface area contributed by atoms with Crippen molar-refractivity contribution in [2.24, 2.45) is 0 Å². The normalized spacial score (nSPS) is 18.9. The summed E-state index contributed by atoms with van der Waals surface area (Å²) in [5.41, 5.74) is 4.08. The van der Waals surface area contributed by atoms with Crippen LogP contribution in [0.1, 0.15) is 44.2 Å². The molecule has 0 unspecified atom stereocenters. The Labute approximate surface area is 205 Å². The van der Waals surface area contributed by atoms with Crippen molar-refractivity contribution >= 4 is 11.5 Å². The van der Waals surface area contributed by atoms with E-state index in [1.54, 1.807) is 13.3 Å². The Morgan fingerprint density at radius 3 is 2.66 bits per heavy atom. The first-order valence-corrected chi connectivity index (χ1v) is 12.1. The fraction of sp³-hybridized carbons (Fsp3) is 0.370. The summed E-state index contributed by atoms with van der Waals surface area (Å²) in [6.07, 6.45) is 6.88.